The van der Waals surface area contributed by atoms with Crippen molar-refractivity contribution in [2.45, 2.75) is 18.9 Å². The molecule has 0 heterocycles. The van der Waals surface area contributed by atoms with Crippen LogP contribution in [0.4, 0.5) is 10.1 Å². The van der Waals surface area contributed by atoms with E-state index in [2.05, 4.69) is 5.32 Å². The maximum atomic E-state index is 13.0. The van der Waals surface area contributed by atoms with Crippen LogP contribution < -0.4 is 5.32 Å². The highest BCUT2D eigenvalue weighted by Crippen LogP contribution is 2.42. The Morgan fingerprint density at radius 3 is 2.21 bits per heavy atom. The summed E-state index contributed by atoms with van der Waals surface area (Å²) in [5, 5.41) is 4.25. The molecular formula is C16H15ClFN. The van der Waals surface area contributed by atoms with E-state index in [0.29, 0.717) is 5.92 Å². The van der Waals surface area contributed by atoms with Crippen molar-refractivity contribution < 1.29 is 4.39 Å². The van der Waals surface area contributed by atoms with Crippen molar-refractivity contribution in [2.24, 2.45) is 5.92 Å². The van der Waals surface area contributed by atoms with E-state index in [1.165, 1.54) is 25.0 Å². The number of halogens is 2. The molecule has 0 aromatic heterocycles. The minimum Gasteiger partial charge on any atom is -0.378 e. The van der Waals surface area contributed by atoms with Gasteiger partial charge in [-0.25, -0.2) is 4.39 Å². The zero-order valence-corrected chi connectivity index (χ0v) is 11.2. The van der Waals surface area contributed by atoms with Gasteiger partial charge in [0.1, 0.15) is 5.82 Å². The molecule has 1 unspecified atom stereocenters. The molecule has 2 aromatic carbocycles. The van der Waals surface area contributed by atoms with Gasteiger partial charge in [0.15, 0.2) is 0 Å². The lowest BCUT2D eigenvalue weighted by Gasteiger charge is -2.20. The molecule has 1 atom stereocenters. The van der Waals surface area contributed by atoms with E-state index in [-0.39, 0.29) is 11.9 Å². The van der Waals surface area contributed by atoms with Crippen LogP contribution in [0.3, 0.4) is 0 Å². The molecule has 0 saturated heterocycles. The van der Waals surface area contributed by atoms with Crippen molar-refractivity contribution >= 4 is 17.3 Å². The summed E-state index contributed by atoms with van der Waals surface area (Å²) in [6.45, 7) is 0. The van der Waals surface area contributed by atoms with Gasteiger partial charge in [0.25, 0.3) is 0 Å². The van der Waals surface area contributed by atoms with Gasteiger partial charge in [0.05, 0.1) is 6.04 Å². The number of hydrogen-bond acceptors (Lipinski definition) is 1. The van der Waals surface area contributed by atoms with E-state index < -0.39 is 0 Å². The van der Waals surface area contributed by atoms with Crippen molar-refractivity contribution in [1.29, 1.82) is 0 Å². The predicted molar refractivity (Wildman–Crippen MR) is 76.9 cm³/mol. The summed E-state index contributed by atoms with van der Waals surface area (Å²) in [7, 11) is 0. The fourth-order valence-electron chi connectivity index (χ4n) is 2.30. The topological polar surface area (TPSA) is 12.0 Å². The maximum Gasteiger partial charge on any atom is 0.123 e. The van der Waals surface area contributed by atoms with Crippen molar-refractivity contribution in [3.05, 3.63) is 64.9 Å². The summed E-state index contributed by atoms with van der Waals surface area (Å²) in [6, 6.07) is 14.7. The first-order valence-electron chi connectivity index (χ1n) is 6.50. The Bertz CT molecular complexity index is 546. The van der Waals surface area contributed by atoms with E-state index >= 15 is 0 Å². The molecule has 0 spiro atoms. The molecule has 0 radical (unpaired) electrons. The first-order valence-corrected chi connectivity index (χ1v) is 6.88. The highest BCUT2D eigenvalue weighted by atomic mass is 35.5. The van der Waals surface area contributed by atoms with Crippen molar-refractivity contribution in [3.63, 3.8) is 0 Å². The molecular weight excluding hydrogens is 261 g/mol. The molecule has 0 aliphatic heterocycles. The van der Waals surface area contributed by atoms with Crippen molar-refractivity contribution in [3.8, 4) is 0 Å². The zero-order chi connectivity index (χ0) is 13.2. The molecule has 1 nitrogen and oxygen atoms in total. The average molecular weight is 276 g/mol. The molecule has 1 saturated carbocycles. The molecule has 1 fully saturated rings. The summed E-state index contributed by atoms with van der Waals surface area (Å²) < 4.78 is 13.0. The number of benzene rings is 2. The molecule has 1 aliphatic rings. The van der Waals surface area contributed by atoms with Crippen LogP contribution in [-0.2, 0) is 0 Å². The first-order chi connectivity index (χ1) is 9.22. The molecule has 98 valence electrons. The highest BCUT2D eigenvalue weighted by Gasteiger charge is 2.32. The molecule has 1 aliphatic carbocycles. The number of rotatable bonds is 4. The van der Waals surface area contributed by atoms with Gasteiger partial charge in [-0.15, -0.1) is 0 Å². The Labute approximate surface area is 117 Å². The molecule has 3 rings (SSSR count). The monoisotopic (exact) mass is 275 g/mol. The van der Waals surface area contributed by atoms with Gasteiger partial charge in [-0.2, -0.15) is 0 Å². The van der Waals surface area contributed by atoms with Crippen LogP contribution in [0.5, 0.6) is 0 Å². The highest BCUT2D eigenvalue weighted by molar-refractivity contribution is 6.30. The Morgan fingerprint density at radius 2 is 1.63 bits per heavy atom. The van der Waals surface area contributed by atoms with Gasteiger partial charge in [0, 0.05) is 10.7 Å². The molecule has 0 bridgehead atoms. The SMILES string of the molecule is Fc1ccc(C(Nc2ccc(Cl)cc2)C2CC2)cc1. The van der Waals surface area contributed by atoms with Gasteiger partial charge >= 0.3 is 0 Å². The van der Waals surface area contributed by atoms with Crippen LogP contribution in [0.15, 0.2) is 48.5 Å². The van der Waals surface area contributed by atoms with Crippen molar-refractivity contribution in [1.82, 2.24) is 0 Å². The average Bonchev–Trinajstić information content (AvgIpc) is 3.24. The van der Waals surface area contributed by atoms with E-state index in [1.54, 1.807) is 0 Å². The van der Waals surface area contributed by atoms with E-state index in [1.807, 2.05) is 36.4 Å². The quantitative estimate of drug-likeness (QED) is 0.824. The summed E-state index contributed by atoms with van der Waals surface area (Å²) in [5.41, 5.74) is 2.18. The zero-order valence-electron chi connectivity index (χ0n) is 10.4. The third-order valence-electron chi connectivity index (χ3n) is 3.49. The number of nitrogens with one attached hydrogen (secondary N) is 1. The Kier molecular flexibility index (Phi) is 3.43. The molecule has 3 heteroatoms. The van der Waals surface area contributed by atoms with E-state index in [4.69, 9.17) is 11.6 Å². The summed E-state index contributed by atoms with van der Waals surface area (Å²) in [4.78, 5) is 0. The van der Waals surface area contributed by atoms with Gasteiger partial charge in [-0.3, -0.25) is 0 Å². The standard InChI is InChI=1S/C16H15ClFN/c17-13-5-9-15(10-6-13)19-16(11-1-2-11)12-3-7-14(18)8-4-12/h3-11,16,19H,1-2H2. The van der Waals surface area contributed by atoms with Crippen LogP contribution in [0, 0.1) is 11.7 Å². The summed E-state index contributed by atoms with van der Waals surface area (Å²) >= 11 is 5.89. The van der Waals surface area contributed by atoms with Crippen LogP contribution in [0.2, 0.25) is 5.02 Å². The number of hydrogen-bond donors (Lipinski definition) is 1. The van der Waals surface area contributed by atoms with Gasteiger partial charge in [-0.1, -0.05) is 23.7 Å². The molecule has 0 amide bonds. The molecule has 1 N–H and O–H groups in total. The van der Waals surface area contributed by atoms with Crippen LogP contribution in [0.25, 0.3) is 0 Å². The van der Waals surface area contributed by atoms with Gasteiger partial charge in [-0.05, 0) is 60.7 Å². The minimum absolute atomic E-state index is 0.190. The minimum atomic E-state index is -0.190. The van der Waals surface area contributed by atoms with Gasteiger partial charge in [0.2, 0.25) is 0 Å². The normalized spacial score (nSPS) is 16.1. The van der Waals surface area contributed by atoms with E-state index in [9.17, 15) is 4.39 Å². The lowest BCUT2D eigenvalue weighted by molar-refractivity contribution is 0.622. The summed E-state index contributed by atoms with van der Waals surface area (Å²) in [5.74, 6) is 0.450. The third-order valence-corrected chi connectivity index (χ3v) is 3.74. The lowest BCUT2D eigenvalue weighted by atomic mass is 10.0. The second-order valence-corrected chi connectivity index (χ2v) is 5.45. The van der Waals surface area contributed by atoms with Crippen LogP contribution in [0.1, 0.15) is 24.4 Å². The Hall–Kier alpha value is -1.54. The largest absolute Gasteiger partial charge is 0.378 e. The Balaban J connectivity index is 1.81. The van der Waals surface area contributed by atoms with Gasteiger partial charge < -0.3 is 5.32 Å². The predicted octanol–water partition coefficient (Wildman–Crippen LogP) is 5.04. The summed E-state index contributed by atoms with van der Waals surface area (Å²) in [6.07, 6.45) is 2.45. The van der Waals surface area contributed by atoms with E-state index in [0.717, 1.165) is 16.3 Å². The Morgan fingerprint density at radius 1 is 1.00 bits per heavy atom. The van der Waals surface area contributed by atoms with Crippen LogP contribution in [-0.4, -0.2) is 0 Å². The second-order valence-electron chi connectivity index (χ2n) is 5.02. The van der Waals surface area contributed by atoms with Crippen LogP contribution >= 0.6 is 11.6 Å². The maximum absolute atomic E-state index is 13.0. The molecule has 19 heavy (non-hydrogen) atoms. The smallest absolute Gasteiger partial charge is 0.123 e. The first kappa shape index (κ1) is 12.5. The molecule has 2 aromatic rings. The second kappa shape index (κ2) is 5.22. The fraction of sp³-hybridized carbons (Fsp3) is 0.250. The third kappa shape index (κ3) is 3.07. The number of anilines is 1. The lowest BCUT2D eigenvalue weighted by Crippen LogP contribution is -2.12. The fourth-order valence-corrected chi connectivity index (χ4v) is 2.42. The van der Waals surface area contributed by atoms with Crippen molar-refractivity contribution in [2.75, 3.05) is 5.32 Å².